The molecule has 1 aromatic heterocycles. The summed E-state index contributed by atoms with van der Waals surface area (Å²) in [4.78, 5) is 12.1. The third-order valence-corrected chi connectivity index (χ3v) is 2.68. The highest BCUT2D eigenvalue weighted by molar-refractivity contribution is 7.80. The first kappa shape index (κ1) is 13.1. The maximum absolute atomic E-state index is 11.8. The van der Waals surface area contributed by atoms with Gasteiger partial charge in [0, 0.05) is 11.8 Å². The Hall–Kier alpha value is -2.34. The van der Waals surface area contributed by atoms with Crippen molar-refractivity contribution in [3.05, 3.63) is 53.7 Å². The van der Waals surface area contributed by atoms with Crippen LogP contribution in [0.15, 0.2) is 42.6 Å². The smallest absolute Gasteiger partial charge is 0.229 e. The van der Waals surface area contributed by atoms with Crippen LogP contribution < -0.4 is 11.1 Å². The first-order valence-electron chi connectivity index (χ1n) is 5.61. The van der Waals surface area contributed by atoms with Crippen LogP contribution in [0.1, 0.15) is 11.1 Å². The van der Waals surface area contributed by atoms with Crippen LogP contribution in [0.2, 0.25) is 0 Å². The fourth-order valence-corrected chi connectivity index (χ4v) is 1.66. The number of nitrogens with one attached hydrogen (secondary N) is 1. The van der Waals surface area contributed by atoms with E-state index < -0.39 is 0 Å². The Balaban J connectivity index is 1.97. The fourth-order valence-electron chi connectivity index (χ4n) is 1.53. The van der Waals surface area contributed by atoms with Gasteiger partial charge in [-0.25, -0.2) is 0 Å². The van der Waals surface area contributed by atoms with Crippen molar-refractivity contribution in [3.8, 4) is 0 Å². The summed E-state index contributed by atoms with van der Waals surface area (Å²) in [5, 5.41) is 10.1. The molecule has 0 bridgehead atoms. The predicted octanol–water partition coefficient (Wildman–Crippen LogP) is 1.29. The molecule has 2 rings (SSSR count). The van der Waals surface area contributed by atoms with E-state index in [1.54, 1.807) is 30.5 Å². The van der Waals surface area contributed by atoms with Crippen LogP contribution >= 0.6 is 12.2 Å². The van der Waals surface area contributed by atoms with Gasteiger partial charge in [0.05, 0.1) is 6.42 Å². The second-order valence-corrected chi connectivity index (χ2v) is 4.33. The molecule has 0 aliphatic heterocycles. The molecule has 0 atom stereocenters. The van der Waals surface area contributed by atoms with Gasteiger partial charge in [0.2, 0.25) is 5.91 Å². The molecule has 1 aromatic carbocycles. The molecule has 1 amide bonds. The van der Waals surface area contributed by atoms with Crippen molar-refractivity contribution >= 4 is 28.9 Å². The van der Waals surface area contributed by atoms with Crippen LogP contribution in [-0.2, 0) is 11.2 Å². The predicted molar refractivity (Wildman–Crippen MR) is 76.7 cm³/mol. The molecule has 0 fully saturated rings. The quantitative estimate of drug-likeness (QED) is 0.820. The second kappa shape index (κ2) is 6.01. The molecule has 96 valence electrons. The van der Waals surface area contributed by atoms with Crippen LogP contribution in [0.5, 0.6) is 0 Å². The van der Waals surface area contributed by atoms with Crippen molar-refractivity contribution < 1.29 is 4.79 Å². The van der Waals surface area contributed by atoms with Crippen LogP contribution in [-0.4, -0.2) is 21.1 Å². The van der Waals surface area contributed by atoms with Gasteiger partial charge >= 0.3 is 0 Å². The summed E-state index contributed by atoms with van der Waals surface area (Å²) in [6.07, 6.45) is 1.80. The van der Waals surface area contributed by atoms with Gasteiger partial charge in [-0.05, 0) is 17.7 Å². The Kier molecular flexibility index (Phi) is 4.15. The van der Waals surface area contributed by atoms with E-state index in [0.29, 0.717) is 10.8 Å². The normalized spacial score (nSPS) is 9.89. The number of aromatic nitrogens is 2. The van der Waals surface area contributed by atoms with E-state index in [1.165, 1.54) is 0 Å². The number of benzene rings is 1. The fraction of sp³-hybridized carbons (Fsp3) is 0.0769. The Morgan fingerprint density at radius 1 is 1.26 bits per heavy atom. The summed E-state index contributed by atoms with van der Waals surface area (Å²) in [5.41, 5.74) is 7.17. The molecule has 2 aromatic rings. The molecule has 6 heteroatoms. The first-order valence-corrected chi connectivity index (χ1v) is 6.02. The third-order valence-electron chi connectivity index (χ3n) is 2.44. The van der Waals surface area contributed by atoms with Gasteiger partial charge in [-0.15, -0.1) is 5.10 Å². The van der Waals surface area contributed by atoms with Crippen LogP contribution in [0.3, 0.4) is 0 Å². The monoisotopic (exact) mass is 272 g/mol. The van der Waals surface area contributed by atoms with Gasteiger partial charge in [0.25, 0.3) is 0 Å². The van der Waals surface area contributed by atoms with Crippen molar-refractivity contribution in [1.29, 1.82) is 0 Å². The summed E-state index contributed by atoms with van der Waals surface area (Å²) >= 11 is 4.86. The molecular formula is C13H12N4OS. The zero-order valence-corrected chi connectivity index (χ0v) is 10.9. The highest BCUT2D eigenvalue weighted by Gasteiger charge is 2.05. The van der Waals surface area contributed by atoms with Crippen molar-refractivity contribution in [2.45, 2.75) is 6.42 Å². The third kappa shape index (κ3) is 3.82. The highest BCUT2D eigenvalue weighted by atomic mass is 32.1. The van der Waals surface area contributed by atoms with E-state index in [1.807, 2.05) is 12.1 Å². The standard InChI is InChI=1S/C13H12N4OS/c14-13(19)10-5-3-9(4-6-10)8-12(18)16-11-2-1-7-15-17-11/h1-7H,8H2,(H2,14,19)(H,16,17,18). The van der Waals surface area contributed by atoms with Crippen molar-refractivity contribution in [1.82, 2.24) is 10.2 Å². The van der Waals surface area contributed by atoms with Gasteiger partial charge in [0.1, 0.15) is 4.99 Å². The summed E-state index contributed by atoms with van der Waals surface area (Å²) < 4.78 is 0. The van der Waals surface area contributed by atoms with E-state index in [2.05, 4.69) is 15.5 Å². The van der Waals surface area contributed by atoms with Crippen molar-refractivity contribution in [3.63, 3.8) is 0 Å². The lowest BCUT2D eigenvalue weighted by Crippen LogP contribution is -2.15. The lowest BCUT2D eigenvalue weighted by molar-refractivity contribution is -0.115. The number of carbonyl (C=O) groups excluding carboxylic acids is 1. The second-order valence-electron chi connectivity index (χ2n) is 3.90. The maximum atomic E-state index is 11.8. The summed E-state index contributed by atoms with van der Waals surface area (Å²) in [7, 11) is 0. The minimum atomic E-state index is -0.149. The molecule has 0 unspecified atom stereocenters. The number of nitrogens with zero attached hydrogens (tertiary/aromatic N) is 2. The number of rotatable bonds is 4. The SMILES string of the molecule is NC(=S)c1ccc(CC(=O)Nc2cccnn2)cc1. The lowest BCUT2D eigenvalue weighted by Gasteiger charge is -2.04. The Labute approximate surface area is 115 Å². The Bertz CT molecular complexity index is 583. The maximum Gasteiger partial charge on any atom is 0.229 e. The average Bonchev–Trinajstić information content (AvgIpc) is 2.40. The number of anilines is 1. The number of hydrogen-bond donors (Lipinski definition) is 2. The largest absolute Gasteiger partial charge is 0.389 e. The van der Waals surface area contributed by atoms with E-state index in [4.69, 9.17) is 18.0 Å². The molecule has 5 nitrogen and oxygen atoms in total. The minimum absolute atomic E-state index is 0.149. The van der Waals surface area contributed by atoms with Crippen LogP contribution in [0.4, 0.5) is 5.82 Å². The van der Waals surface area contributed by atoms with Crippen LogP contribution in [0, 0.1) is 0 Å². The van der Waals surface area contributed by atoms with Gasteiger partial charge in [-0.3, -0.25) is 4.79 Å². The highest BCUT2D eigenvalue weighted by Crippen LogP contribution is 2.06. The molecular weight excluding hydrogens is 260 g/mol. The van der Waals surface area contributed by atoms with E-state index in [0.717, 1.165) is 11.1 Å². The molecule has 3 N–H and O–H groups in total. The zero-order valence-electron chi connectivity index (χ0n) is 10.0. The number of thiocarbonyl (C=S) groups is 1. The molecule has 1 heterocycles. The van der Waals surface area contributed by atoms with Gasteiger partial charge < -0.3 is 11.1 Å². The number of amides is 1. The molecule has 19 heavy (non-hydrogen) atoms. The van der Waals surface area contributed by atoms with Crippen molar-refractivity contribution in [2.75, 3.05) is 5.32 Å². The number of hydrogen-bond acceptors (Lipinski definition) is 4. The summed E-state index contributed by atoms with van der Waals surface area (Å²) in [6, 6.07) is 10.6. The minimum Gasteiger partial charge on any atom is -0.389 e. The van der Waals surface area contributed by atoms with Gasteiger partial charge in [0.15, 0.2) is 5.82 Å². The number of nitrogens with two attached hydrogens (primary N) is 1. The molecule has 0 aliphatic rings. The Morgan fingerprint density at radius 3 is 2.58 bits per heavy atom. The molecule has 0 spiro atoms. The molecule has 0 saturated carbocycles. The molecule has 0 radical (unpaired) electrons. The van der Waals surface area contributed by atoms with E-state index in [9.17, 15) is 4.79 Å². The van der Waals surface area contributed by atoms with Crippen LogP contribution in [0.25, 0.3) is 0 Å². The Morgan fingerprint density at radius 2 is 2.00 bits per heavy atom. The summed E-state index contributed by atoms with van der Waals surface area (Å²) in [6.45, 7) is 0. The van der Waals surface area contributed by atoms with E-state index in [-0.39, 0.29) is 12.3 Å². The lowest BCUT2D eigenvalue weighted by atomic mass is 10.1. The topological polar surface area (TPSA) is 80.9 Å². The van der Waals surface area contributed by atoms with Crippen molar-refractivity contribution in [2.24, 2.45) is 5.73 Å². The zero-order chi connectivity index (χ0) is 13.7. The van der Waals surface area contributed by atoms with Gasteiger partial charge in [-0.1, -0.05) is 36.5 Å². The molecule has 0 saturated heterocycles. The average molecular weight is 272 g/mol. The first-order chi connectivity index (χ1) is 9.15. The van der Waals surface area contributed by atoms with E-state index >= 15 is 0 Å². The molecule has 0 aliphatic carbocycles. The number of carbonyl (C=O) groups is 1. The van der Waals surface area contributed by atoms with Gasteiger partial charge in [-0.2, -0.15) is 5.10 Å². The summed E-state index contributed by atoms with van der Waals surface area (Å²) in [5.74, 6) is 0.288.